The van der Waals surface area contributed by atoms with E-state index in [1.807, 2.05) is 0 Å². The molecule has 0 aromatic carbocycles. The molecule has 30 heavy (non-hydrogen) atoms. The average Bonchev–Trinajstić information content (AvgIpc) is 2.61. The monoisotopic (exact) mass is 431 g/mol. The molecular formula is C26H45NO2Si. The number of carbonyl (C=O) groups is 1. The minimum atomic E-state index is -1.21. The summed E-state index contributed by atoms with van der Waals surface area (Å²) in [4.78, 5) is 13.0. The SMILES string of the molecule is CC(C)=C[C@@H]1C[C@H](C)[C@H]2CC[C@H](C)[C@@]3(NC(=O)OCC[Si](C)(C)C)CC=C(C)[C@@H]1[C@H]23. The Balaban J connectivity index is 1.89. The van der Waals surface area contributed by atoms with Gasteiger partial charge in [-0.25, -0.2) is 4.79 Å². The van der Waals surface area contributed by atoms with E-state index in [0.29, 0.717) is 42.1 Å². The zero-order chi connectivity index (χ0) is 22.3. The highest BCUT2D eigenvalue weighted by atomic mass is 28.3. The van der Waals surface area contributed by atoms with E-state index in [2.05, 4.69) is 71.7 Å². The predicted molar refractivity (Wildman–Crippen MR) is 129 cm³/mol. The van der Waals surface area contributed by atoms with E-state index in [-0.39, 0.29) is 11.6 Å². The Labute approximate surface area is 186 Å². The third-order valence-corrected chi connectivity index (χ3v) is 10.1. The number of alkyl carbamates (subject to hydrolysis) is 1. The molecule has 0 unspecified atom stereocenters. The Morgan fingerprint density at radius 1 is 1.27 bits per heavy atom. The molecule has 3 aliphatic rings. The van der Waals surface area contributed by atoms with Crippen LogP contribution in [-0.2, 0) is 4.74 Å². The summed E-state index contributed by atoms with van der Waals surface area (Å²) < 4.78 is 5.73. The average molecular weight is 432 g/mol. The minimum absolute atomic E-state index is 0.161. The van der Waals surface area contributed by atoms with Gasteiger partial charge >= 0.3 is 6.09 Å². The smallest absolute Gasteiger partial charge is 0.407 e. The number of rotatable bonds is 5. The van der Waals surface area contributed by atoms with Crippen LogP contribution in [-0.4, -0.2) is 26.3 Å². The van der Waals surface area contributed by atoms with Crippen molar-refractivity contribution in [2.24, 2.45) is 35.5 Å². The Bertz CT molecular complexity index is 702. The second-order valence-electron chi connectivity index (χ2n) is 12.1. The first kappa shape index (κ1) is 23.6. The highest BCUT2D eigenvalue weighted by Gasteiger charge is 2.59. The summed E-state index contributed by atoms with van der Waals surface area (Å²) in [6.45, 7) is 19.1. The third-order valence-electron chi connectivity index (χ3n) is 8.35. The van der Waals surface area contributed by atoms with Crippen molar-refractivity contribution in [2.45, 2.75) is 91.5 Å². The van der Waals surface area contributed by atoms with Crippen molar-refractivity contribution >= 4 is 14.2 Å². The Morgan fingerprint density at radius 3 is 2.60 bits per heavy atom. The summed E-state index contributed by atoms with van der Waals surface area (Å²) in [5, 5.41) is 3.50. The fourth-order valence-corrected chi connectivity index (χ4v) is 7.50. The Hall–Kier alpha value is -1.03. The molecule has 0 aromatic heterocycles. The number of amides is 1. The lowest BCUT2D eigenvalue weighted by atomic mass is 9.46. The number of hydrogen-bond donors (Lipinski definition) is 1. The Kier molecular flexibility index (Phi) is 6.96. The molecule has 0 aliphatic heterocycles. The van der Waals surface area contributed by atoms with E-state index < -0.39 is 8.07 Å². The van der Waals surface area contributed by atoms with E-state index in [9.17, 15) is 4.79 Å². The molecule has 3 rings (SSSR count). The van der Waals surface area contributed by atoms with Crippen LogP contribution < -0.4 is 5.32 Å². The van der Waals surface area contributed by atoms with Gasteiger partial charge in [0.15, 0.2) is 0 Å². The van der Waals surface area contributed by atoms with Crippen molar-refractivity contribution in [1.29, 1.82) is 0 Å². The summed E-state index contributed by atoms with van der Waals surface area (Å²) >= 11 is 0. The molecule has 1 amide bonds. The summed E-state index contributed by atoms with van der Waals surface area (Å²) in [5.74, 6) is 3.51. The molecule has 3 aliphatic carbocycles. The van der Waals surface area contributed by atoms with E-state index in [1.54, 1.807) is 0 Å². The highest BCUT2D eigenvalue weighted by Crippen LogP contribution is 2.59. The number of allylic oxidation sites excluding steroid dienone is 3. The van der Waals surface area contributed by atoms with E-state index in [4.69, 9.17) is 4.74 Å². The first-order chi connectivity index (χ1) is 13.9. The van der Waals surface area contributed by atoms with Crippen LogP contribution in [0.5, 0.6) is 0 Å². The van der Waals surface area contributed by atoms with Crippen molar-refractivity contribution in [1.82, 2.24) is 5.32 Å². The van der Waals surface area contributed by atoms with Crippen LogP contribution in [0.15, 0.2) is 23.3 Å². The van der Waals surface area contributed by atoms with Crippen molar-refractivity contribution in [3.8, 4) is 0 Å². The minimum Gasteiger partial charge on any atom is -0.450 e. The second kappa shape index (κ2) is 8.84. The van der Waals surface area contributed by atoms with Gasteiger partial charge in [0, 0.05) is 8.07 Å². The van der Waals surface area contributed by atoms with Crippen LogP contribution in [0.25, 0.3) is 0 Å². The van der Waals surface area contributed by atoms with Crippen LogP contribution in [0.3, 0.4) is 0 Å². The molecule has 7 atom stereocenters. The number of hydrogen-bond acceptors (Lipinski definition) is 2. The fraction of sp³-hybridized carbons (Fsp3) is 0.808. The van der Waals surface area contributed by atoms with Gasteiger partial charge in [0.1, 0.15) is 0 Å². The predicted octanol–water partition coefficient (Wildman–Crippen LogP) is 7.04. The summed E-state index contributed by atoms with van der Waals surface area (Å²) in [7, 11) is -1.21. The van der Waals surface area contributed by atoms with Crippen molar-refractivity contribution in [3.63, 3.8) is 0 Å². The van der Waals surface area contributed by atoms with Crippen molar-refractivity contribution in [3.05, 3.63) is 23.3 Å². The maximum atomic E-state index is 13.0. The van der Waals surface area contributed by atoms with E-state index >= 15 is 0 Å². The first-order valence-corrected chi connectivity index (χ1v) is 15.9. The summed E-state index contributed by atoms with van der Waals surface area (Å²) in [6.07, 6.45) is 9.48. The van der Waals surface area contributed by atoms with Gasteiger partial charge in [0.05, 0.1) is 12.1 Å². The first-order valence-electron chi connectivity index (χ1n) is 12.2. The van der Waals surface area contributed by atoms with Crippen LogP contribution in [0, 0.1) is 35.5 Å². The van der Waals surface area contributed by atoms with Gasteiger partial charge in [0.25, 0.3) is 0 Å². The molecule has 0 radical (unpaired) electrons. The van der Waals surface area contributed by atoms with Crippen LogP contribution in [0.1, 0.15) is 60.3 Å². The molecule has 0 spiro atoms. The molecule has 2 fully saturated rings. The second-order valence-corrected chi connectivity index (χ2v) is 17.7. The van der Waals surface area contributed by atoms with E-state index in [0.717, 1.165) is 12.5 Å². The maximum absolute atomic E-state index is 13.0. The molecule has 3 nitrogen and oxygen atoms in total. The van der Waals surface area contributed by atoms with Gasteiger partial charge in [0.2, 0.25) is 0 Å². The van der Waals surface area contributed by atoms with Gasteiger partial charge in [-0.3, -0.25) is 0 Å². The standard InChI is InChI=1S/C26H45NO2Si/c1-17(2)15-21-16-19(4)22-10-9-20(5)26(12-11-18(3)23(21)24(22)26)27-25(28)29-13-14-30(6,7)8/h11,15,19-24H,9-10,12-14,16H2,1-8H3,(H,27,28)/t19-,20-,21+,22+,23-,24-,26-/m0/s1. The lowest BCUT2D eigenvalue weighted by Gasteiger charge is -2.61. The van der Waals surface area contributed by atoms with Crippen molar-refractivity contribution in [2.75, 3.05) is 6.61 Å². The third kappa shape index (κ3) is 4.74. The molecule has 0 saturated heterocycles. The topological polar surface area (TPSA) is 38.3 Å². The van der Waals surface area contributed by atoms with Gasteiger partial charge in [-0.1, -0.05) is 56.8 Å². The van der Waals surface area contributed by atoms with Crippen LogP contribution >= 0.6 is 0 Å². The molecule has 0 heterocycles. The quantitative estimate of drug-likeness (QED) is 0.374. The maximum Gasteiger partial charge on any atom is 0.407 e. The van der Waals surface area contributed by atoms with Gasteiger partial charge in [-0.05, 0) is 88.0 Å². The largest absolute Gasteiger partial charge is 0.450 e. The fourth-order valence-electron chi connectivity index (χ4n) is 6.79. The molecule has 170 valence electrons. The van der Waals surface area contributed by atoms with Gasteiger partial charge in [-0.2, -0.15) is 0 Å². The molecule has 4 heteroatoms. The molecule has 1 N–H and O–H groups in total. The number of nitrogens with one attached hydrogen (secondary N) is 1. The zero-order valence-corrected chi connectivity index (χ0v) is 21.7. The van der Waals surface area contributed by atoms with Gasteiger partial charge < -0.3 is 10.1 Å². The summed E-state index contributed by atoms with van der Waals surface area (Å²) in [6, 6.07) is 1.02. The summed E-state index contributed by atoms with van der Waals surface area (Å²) in [5.41, 5.74) is 2.79. The molecule has 0 aromatic rings. The van der Waals surface area contributed by atoms with Crippen molar-refractivity contribution < 1.29 is 9.53 Å². The normalized spacial score (nSPS) is 38.2. The highest BCUT2D eigenvalue weighted by molar-refractivity contribution is 6.76. The molecular weight excluding hydrogens is 386 g/mol. The van der Waals surface area contributed by atoms with Crippen LogP contribution in [0.4, 0.5) is 4.79 Å². The van der Waals surface area contributed by atoms with E-state index in [1.165, 1.54) is 30.4 Å². The lowest BCUT2D eigenvalue weighted by Crippen LogP contribution is -2.67. The van der Waals surface area contributed by atoms with Crippen LogP contribution in [0.2, 0.25) is 25.7 Å². The Morgan fingerprint density at radius 2 is 1.97 bits per heavy atom. The lowest BCUT2D eigenvalue weighted by molar-refractivity contribution is -0.0605. The van der Waals surface area contributed by atoms with Gasteiger partial charge in [-0.15, -0.1) is 0 Å². The molecule has 2 saturated carbocycles. The zero-order valence-electron chi connectivity index (χ0n) is 20.7. The molecule has 0 bridgehead atoms. The number of carbonyl (C=O) groups excluding carboxylic acids is 1. The number of ether oxygens (including phenoxy) is 1.